The van der Waals surface area contributed by atoms with Gasteiger partial charge in [0.25, 0.3) is 0 Å². The fraction of sp³-hybridized carbons (Fsp3) is 0.636. The smallest absolute Gasteiger partial charge is 0.158 e. The number of nitrogen functional groups attached to an aromatic ring is 1. The van der Waals surface area contributed by atoms with Crippen LogP contribution in [0.2, 0.25) is 0 Å². The van der Waals surface area contributed by atoms with Gasteiger partial charge in [0.05, 0.1) is 0 Å². The van der Waals surface area contributed by atoms with Gasteiger partial charge in [0, 0.05) is 19.7 Å². The highest BCUT2D eigenvalue weighted by Crippen LogP contribution is 2.09. The molecular formula is C11H20N4O. The monoisotopic (exact) mass is 224 g/mol. The van der Waals surface area contributed by atoms with Crippen LogP contribution in [0, 0.1) is 5.92 Å². The summed E-state index contributed by atoms with van der Waals surface area (Å²) in [4.78, 5) is 8.36. The topological polar surface area (TPSA) is 73.1 Å². The maximum atomic E-state index is 5.67. The van der Waals surface area contributed by atoms with Gasteiger partial charge in [-0.25, -0.2) is 9.97 Å². The number of hydrogen-bond acceptors (Lipinski definition) is 5. The molecule has 1 aromatic heterocycles. The molecule has 0 amide bonds. The number of anilines is 2. The van der Waals surface area contributed by atoms with E-state index in [9.17, 15) is 0 Å². The third kappa shape index (κ3) is 4.44. The van der Waals surface area contributed by atoms with Gasteiger partial charge in [-0.3, -0.25) is 0 Å². The summed E-state index contributed by atoms with van der Waals surface area (Å²) in [5, 5.41) is 3.23. The molecule has 0 bridgehead atoms. The highest BCUT2D eigenvalue weighted by molar-refractivity contribution is 5.44. The van der Waals surface area contributed by atoms with Crippen molar-refractivity contribution < 1.29 is 4.74 Å². The van der Waals surface area contributed by atoms with Gasteiger partial charge >= 0.3 is 0 Å². The summed E-state index contributed by atoms with van der Waals surface area (Å²) in [6, 6.07) is 1.74. The molecule has 5 nitrogen and oxygen atoms in total. The summed E-state index contributed by atoms with van der Waals surface area (Å²) in [6.07, 6.45) is 1.10. The van der Waals surface area contributed by atoms with E-state index in [1.165, 1.54) is 0 Å². The van der Waals surface area contributed by atoms with Crippen LogP contribution in [0.1, 0.15) is 26.1 Å². The molecule has 5 heteroatoms. The van der Waals surface area contributed by atoms with Crippen LogP contribution in [-0.4, -0.2) is 23.6 Å². The predicted molar refractivity (Wildman–Crippen MR) is 65.1 cm³/mol. The molecule has 0 atom stereocenters. The number of hydrogen-bond donors (Lipinski definition) is 2. The Labute approximate surface area is 96.4 Å². The van der Waals surface area contributed by atoms with Gasteiger partial charge in [-0.15, -0.1) is 0 Å². The van der Waals surface area contributed by atoms with E-state index in [2.05, 4.69) is 29.1 Å². The van der Waals surface area contributed by atoms with E-state index in [-0.39, 0.29) is 0 Å². The Bertz CT molecular complexity index is 328. The van der Waals surface area contributed by atoms with E-state index in [1.54, 1.807) is 13.2 Å². The third-order valence-electron chi connectivity index (χ3n) is 2.09. The van der Waals surface area contributed by atoms with Crippen molar-refractivity contribution in [3.05, 3.63) is 11.9 Å². The molecule has 0 aliphatic carbocycles. The van der Waals surface area contributed by atoms with Crippen LogP contribution >= 0.6 is 0 Å². The van der Waals surface area contributed by atoms with Gasteiger partial charge in [0.1, 0.15) is 18.2 Å². The first-order valence-electron chi connectivity index (χ1n) is 5.48. The van der Waals surface area contributed by atoms with Gasteiger partial charge in [-0.05, 0) is 12.3 Å². The summed E-state index contributed by atoms with van der Waals surface area (Å²) in [5.41, 5.74) is 5.67. The molecule has 1 heterocycles. The van der Waals surface area contributed by atoms with E-state index >= 15 is 0 Å². The molecule has 0 unspecified atom stereocenters. The Morgan fingerprint density at radius 3 is 2.81 bits per heavy atom. The second-order valence-corrected chi connectivity index (χ2v) is 4.14. The van der Waals surface area contributed by atoms with Crippen LogP contribution in [0.3, 0.4) is 0 Å². The molecule has 0 aliphatic rings. The second-order valence-electron chi connectivity index (χ2n) is 4.14. The maximum absolute atomic E-state index is 5.67. The Hall–Kier alpha value is -1.36. The largest absolute Gasteiger partial charge is 0.384 e. The quantitative estimate of drug-likeness (QED) is 0.768. The summed E-state index contributed by atoms with van der Waals surface area (Å²) in [5.74, 6) is 2.51. The Kier molecular flexibility index (Phi) is 4.98. The van der Waals surface area contributed by atoms with Crippen LogP contribution in [0.4, 0.5) is 11.6 Å². The van der Waals surface area contributed by atoms with Crippen LogP contribution in [0.15, 0.2) is 6.07 Å². The van der Waals surface area contributed by atoms with Crippen LogP contribution in [-0.2, 0) is 11.3 Å². The number of nitrogens with two attached hydrogens (primary N) is 1. The van der Waals surface area contributed by atoms with Crippen molar-refractivity contribution in [1.29, 1.82) is 0 Å². The van der Waals surface area contributed by atoms with Crippen molar-refractivity contribution in [3.8, 4) is 0 Å². The molecule has 0 radical (unpaired) electrons. The van der Waals surface area contributed by atoms with Crippen molar-refractivity contribution >= 4 is 11.6 Å². The van der Waals surface area contributed by atoms with E-state index in [0.29, 0.717) is 24.2 Å². The van der Waals surface area contributed by atoms with Crippen molar-refractivity contribution in [1.82, 2.24) is 9.97 Å². The number of aromatic nitrogens is 2. The van der Waals surface area contributed by atoms with Gasteiger partial charge in [0.15, 0.2) is 5.82 Å². The molecule has 1 aromatic rings. The summed E-state index contributed by atoms with van der Waals surface area (Å²) < 4.78 is 4.97. The second kappa shape index (κ2) is 6.27. The van der Waals surface area contributed by atoms with Crippen molar-refractivity contribution in [3.63, 3.8) is 0 Å². The van der Waals surface area contributed by atoms with Gasteiger partial charge in [-0.1, -0.05) is 13.8 Å². The molecule has 0 aromatic carbocycles. The fourth-order valence-electron chi connectivity index (χ4n) is 1.29. The zero-order chi connectivity index (χ0) is 12.0. The van der Waals surface area contributed by atoms with E-state index < -0.39 is 0 Å². The van der Waals surface area contributed by atoms with E-state index in [0.717, 1.165) is 18.8 Å². The Morgan fingerprint density at radius 2 is 2.19 bits per heavy atom. The summed E-state index contributed by atoms with van der Waals surface area (Å²) in [6.45, 7) is 5.64. The Morgan fingerprint density at radius 1 is 1.44 bits per heavy atom. The minimum absolute atomic E-state index is 0.379. The molecule has 0 fully saturated rings. The van der Waals surface area contributed by atoms with Gasteiger partial charge in [0.2, 0.25) is 0 Å². The third-order valence-corrected chi connectivity index (χ3v) is 2.09. The maximum Gasteiger partial charge on any atom is 0.158 e. The lowest BCUT2D eigenvalue weighted by molar-refractivity contribution is 0.178. The summed E-state index contributed by atoms with van der Waals surface area (Å²) >= 11 is 0. The minimum atomic E-state index is 0.379. The Balaban J connectivity index is 2.58. The first-order valence-corrected chi connectivity index (χ1v) is 5.48. The predicted octanol–water partition coefficient (Wildman–Crippen LogP) is 1.66. The number of nitrogens with zero attached hydrogens (tertiary/aromatic N) is 2. The van der Waals surface area contributed by atoms with Crippen molar-refractivity contribution in [2.45, 2.75) is 26.9 Å². The zero-order valence-electron chi connectivity index (χ0n) is 10.2. The average Bonchev–Trinajstić information content (AvgIpc) is 2.16. The van der Waals surface area contributed by atoms with E-state index in [4.69, 9.17) is 10.5 Å². The standard InChI is InChI=1S/C11H20N4O/c1-8(2)4-5-13-10-6-9(12)14-11(15-10)7-16-3/h6,8H,4-5,7H2,1-3H3,(H3,12,13,14,15). The molecule has 1 rings (SSSR count). The highest BCUT2D eigenvalue weighted by Gasteiger charge is 2.02. The molecule has 0 aliphatic heterocycles. The van der Waals surface area contributed by atoms with Gasteiger partial charge in [-0.2, -0.15) is 0 Å². The SMILES string of the molecule is COCc1nc(N)cc(NCCC(C)C)n1. The molecule has 16 heavy (non-hydrogen) atoms. The lowest BCUT2D eigenvalue weighted by Gasteiger charge is -2.09. The van der Waals surface area contributed by atoms with Crippen LogP contribution in [0.5, 0.6) is 0 Å². The first-order chi connectivity index (χ1) is 7.61. The number of ether oxygens (including phenoxy) is 1. The van der Waals surface area contributed by atoms with Crippen molar-refractivity contribution in [2.75, 3.05) is 24.7 Å². The normalized spacial score (nSPS) is 10.8. The highest BCUT2D eigenvalue weighted by atomic mass is 16.5. The average molecular weight is 224 g/mol. The number of nitrogens with one attached hydrogen (secondary N) is 1. The number of rotatable bonds is 6. The fourth-order valence-corrected chi connectivity index (χ4v) is 1.29. The molecule has 0 saturated carbocycles. The first kappa shape index (κ1) is 12.7. The summed E-state index contributed by atoms with van der Waals surface area (Å²) in [7, 11) is 1.61. The van der Waals surface area contributed by atoms with Crippen LogP contribution < -0.4 is 11.1 Å². The molecule has 90 valence electrons. The lowest BCUT2D eigenvalue weighted by atomic mass is 10.1. The van der Waals surface area contributed by atoms with Crippen LogP contribution in [0.25, 0.3) is 0 Å². The molecular weight excluding hydrogens is 204 g/mol. The zero-order valence-corrected chi connectivity index (χ0v) is 10.2. The molecule has 3 N–H and O–H groups in total. The van der Waals surface area contributed by atoms with Crippen molar-refractivity contribution in [2.24, 2.45) is 5.92 Å². The molecule has 0 saturated heterocycles. The van der Waals surface area contributed by atoms with E-state index in [1.807, 2.05) is 0 Å². The molecule has 0 spiro atoms. The minimum Gasteiger partial charge on any atom is -0.384 e. The lowest BCUT2D eigenvalue weighted by Crippen LogP contribution is -2.09. The van der Waals surface area contributed by atoms with Gasteiger partial charge < -0.3 is 15.8 Å². The number of methoxy groups -OCH3 is 1.